The van der Waals surface area contributed by atoms with E-state index >= 15 is 4.39 Å². The predicted octanol–water partition coefficient (Wildman–Crippen LogP) is -0.951. The molecule has 3 aliphatic rings. The zero-order chi connectivity index (χ0) is 55.7. The molecule has 3 heterocycles. The van der Waals surface area contributed by atoms with Crippen molar-refractivity contribution < 1.29 is 80.3 Å². The lowest BCUT2D eigenvalue weighted by Crippen LogP contribution is -2.53. The number of likely N-dealkylation sites (N-methyl/N-ethyl adjacent to an activating group) is 1. The minimum absolute atomic E-state index is 0.0897. The molecule has 1 aliphatic carbocycles. The first-order chi connectivity index (χ1) is 35.2. The number of nitrogens with one attached hydrogen (secondary N) is 4. The monoisotopic (exact) mass is 1110 g/mol. The minimum Gasteiger partial charge on any atom is -0.460 e. The van der Waals surface area contributed by atoms with Crippen LogP contribution in [0.25, 0.3) is 0 Å². The largest absolute Gasteiger partial charge is 0.460 e. The zero-order valence-electron chi connectivity index (χ0n) is 42.3. The van der Waals surface area contributed by atoms with Crippen LogP contribution < -0.4 is 38.4 Å². The number of amidine groups is 1. The molecule has 4 rings (SSSR count). The molecule has 1 saturated carbocycles. The van der Waals surface area contributed by atoms with Crippen molar-refractivity contribution >= 4 is 77.3 Å². The normalized spacial score (nSPS) is 25.1. The molecule has 1 aromatic heterocycles. The van der Waals surface area contributed by atoms with Gasteiger partial charge in [0.25, 0.3) is 5.92 Å². The highest BCUT2D eigenvalue weighted by Crippen LogP contribution is 2.43. The first kappa shape index (κ1) is 62.0. The van der Waals surface area contributed by atoms with Crippen LogP contribution in [-0.4, -0.2) is 197 Å². The van der Waals surface area contributed by atoms with Crippen LogP contribution in [0.1, 0.15) is 66.0 Å². The summed E-state index contributed by atoms with van der Waals surface area (Å²) in [5.41, 5.74) is 7.13. The standard InChI is InChI=1S/C45H67F3N10O15S2/c1-43(2,3)56-27(39(66)53-14-10-34(61)70-20-35(62)68-18-25-17-45(47,48)41(72-25)58-16-12-32(50)55-42(58)67)23-75-30-8-7-29(30)74-22-26(51-5)38(65)52-13-9-33(60)71-21-36(63)69-19-28-37(64)44(4,46)40(73-28)57(6)15-11-31(49)54-24-59/h11-12,15-16,24-30,37,40-41,51,56,64H,7-10,13-14,17-23H2,1-6H3,(H,52,65)(H,53,66)(H2,49,54,59)(H2,50,55,67)/b15-11-/t25?,26?,27?,28-,29?,30?,37-,40?,41?,44-/m0/s1. The number of amides is 3. The predicted molar refractivity (Wildman–Crippen MR) is 265 cm³/mol. The molecule has 30 heteroatoms. The number of hydrogen-bond donors (Lipinski definition) is 7. The van der Waals surface area contributed by atoms with Crippen LogP contribution >= 0.6 is 23.5 Å². The summed E-state index contributed by atoms with van der Waals surface area (Å²) >= 11 is 3.19. The van der Waals surface area contributed by atoms with Crippen molar-refractivity contribution in [2.75, 3.05) is 70.9 Å². The molecule has 1 aromatic rings. The van der Waals surface area contributed by atoms with E-state index < -0.39 is 122 Å². The molecule has 420 valence electrons. The second kappa shape index (κ2) is 28.6. The van der Waals surface area contributed by atoms with Gasteiger partial charge in [0.15, 0.2) is 25.1 Å². The van der Waals surface area contributed by atoms with E-state index in [4.69, 9.17) is 39.9 Å². The van der Waals surface area contributed by atoms with E-state index in [0.29, 0.717) is 16.1 Å². The Balaban J connectivity index is 1.09. The number of nitrogens with zero attached hydrogens (tertiary/aromatic N) is 4. The number of aliphatic hydroxyl groups is 1. The molecular formula is C45H67F3N10O15S2. The van der Waals surface area contributed by atoms with E-state index in [2.05, 4.69) is 31.2 Å². The van der Waals surface area contributed by atoms with Gasteiger partial charge in [-0.15, -0.1) is 0 Å². The van der Waals surface area contributed by atoms with Gasteiger partial charge in [0.1, 0.15) is 43.2 Å². The van der Waals surface area contributed by atoms with Crippen molar-refractivity contribution in [3.05, 3.63) is 35.0 Å². The van der Waals surface area contributed by atoms with Crippen LogP contribution in [0.2, 0.25) is 0 Å². The first-order valence-electron chi connectivity index (χ1n) is 23.7. The van der Waals surface area contributed by atoms with Gasteiger partial charge in [-0.3, -0.25) is 28.5 Å². The number of anilines is 1. The van der Waals surface area contributed by atoms with Crippen LogP contribution in [0.4, 0.5) is 19.0 Å². The van der Waals surface area contributed by atoms with Crippen molar-refractivity contribution in [1.82, 2.24) is 35.7 Å². The third kappa shape index (κ3) is 19.5. The maximum atomic E-state index is 15.4. The third-order valence-electron chi connectivity index (χ3n) is 11.5. The molecule has 10 atom stereocenters. The third-order valence-corrected chi connectivity index (χ3v) is 14.8. The van der Waals surface area contributed by atoms with Crippen molar-refractivity contribution in [3.63, 3.8) is 0 Å². The smallest absolute Gasteiger partial charge is 0.351 e. The molecule has 3 amide bonds. The van der Waals surface area contributed by atoms with Gasteiger partial charge in [0.2, 0.25) is 24.5 Å². The number of halogens is 3. The van der Waals surface area contributed by atoms with Crippen LogP contribution in [0.3, 0.4) is 0 Å². The second-order valence-corrected chi connectivity index (χ2v) is 21.3. The maximum absolute atomic E-state index is 15.4. The lowest BCUT2D eigenvalue weighted by atomic mass is 9.98. The Hall–Kier alpha value is -5.53. The highest BCUT2D eigenvalue weighted by molar-refractivity contribution is 8.04. The van der Waals surface area contributed by atoms with Crippen LogP contribution in [0, 0.1) is 0 Å². The van der Waals surface area contributed by atoms with Gasteiger partial charge < -0.3 is 71.2 Å². The Morgan fingerprint density at radius 3 is 2.04 bits per heavy atom. The number of alkyl halides is 3. The van der Waals surface area contributed by atoms with E-state index in [0.717, 1.165) is 32.0 Å². The number of aliphatic hydroxyl groups excluding tert-OH is 1. The number of aliphatic imine (C=N–C) groups is 1. The topological polar surface area (TPSA) is 346 Å². The van der Waals surface area contributed by atoms with E-state index in [9.17, 15) is 52.2 Å². The maximum Gasteiger partial charge on any atom is 0.351 e. The van der Waals surface area contributed by atoms with Crippen molar-refractivity contribution in [3.8, 4) is 0 Å². The fourth-order valence-electron chi connectivity index (χ4n) is 7.53. The number of aromatic nitrogens is 2. The zero-order valence-corrected chi connectivity index (χ0v) is 44.0. The van der Waals surface area contributed by atoms with Crippen molar-refractivity contribution in [1.29, 1.82) is 0 Å². The summed E-state index contributed by atoms with van der Waals surface area (Å²) in [6.07, 6.45) is -3.41. The van der Waals surface area contributed by atoms with Crippen molar-refractivity contribution in [2.45, 2.75) is 130 Å². The number of thioether (sulfide) groups is 2. The molecule has 2 aliphatic heterocycles. The Kier molecular flexibility index (Phi) is 23.6. The minimum atomic E-state index is -3.49. The van der Waals surface area contributed by atoms with E-state index in [-0.39, 0.29) is 66.3 Å². The van der Waals surface area contributed by atoms with Gasteiger partial charge in [0.05, 0.1) is 24.9 Å². The van der Waals surface area contributed by atoms with Gasteiger partial charge >= 0.3 is 29.6 Å². The molecule has 25 nitrogen and oxygen atoms in total. The summed E-state index contributed by atoms with van der Waals surface area (Å²) in [6.45, 7) is 3.85. The number of carbonyl (C=O) groups is 7. The molecule has 0 bridgehead atoms. The van der Waals surface area contributed by atoms with Gasteiger partial charge in [0, 0.05) is 66.5 Å². The number of hydrogen-bond acceptors (Lipinski definition) is 22. The Morgan fingerprint density at radius 1 is 0.947 bits per heavy atom. The molecular weight excluding hydrogens is 1040 g/mol. The fraction of sp³-hybridized carbons (Fsp3) is 0.689. The van der Waals surface area contributed by atoms with Gasteiger partial charge in [-0.05, 0) is 59.7 Å². The SMILES string of the molecule is CNC(CSC1CCC1SCC(NC(C)(C)C)C(=O)NCCC(=O)OCC(=O)OCC1CC(F)(F)C(n2ccc(N)nc2=O)O1)C(=O)NCCC(=O)OCC(=O)OC[C@@H]1OC(N(C)/C=C\C(N)=N/C=O)[C@@](C)(F)[C@H]1O. The van der Waals surface area contributed by atoms with Crippen molar-refractivity contribution in [2.24, 2.45) is 10.7 Å². The van der Waals surface area contributed by atoms with Crippen LogP contribution in [0.15, 0.2) is 34.3 Å². The van der Waals surface area contributed by atoms with E-state index in [1.54, 1.807) is 30.6 Å². The Labute approximate surface area is 438 Å². The Morgan fingerprint density at radius 2 is 1.51 bits per heavy atom. The molecule has 2 saturated heterocycles. The van der Waals surface area contributed by atoms with Gasteiger partial charge in [-0.25, -0.2) is 27.6 Å². The summed E-state index contributed by atoms with van der Waals surface area (Å²) in [5, 5.41) is 22.5. The lowest BCUT2D eigenvalue weighted by Gasteiger charge is -2.37. The molecule has 0 aromatic carbocycles. The van der Waals surface area contributed by atoms with Crippen LogP contribution in [0.5, 0.6) is 0 Å². The summed E-state index contributed by atoms with van der Waals surface area (Å²) in [7, 11) is 3.06. The summed E-state index contributed by atoms with van der Waals surface area (Å²) < 4.78 is 76.0. The fourth-order valence-corrected chi connectivity index (χ4v) is 10.7. The molecule has 75 heavy (non-hydrogen) atoms. The number of ether oxygens (including phenoxy) is 6. The quantitative estimate of drug-likeness (QED) is 0.0167. The summed E-state index contributed by atoms with van der Waals surface area (Å²) in [6, 6.07) is -0.102. The summed E-state index contributed by atoms with van der Waals surface area (Å²) in [4.78, 5) is 106. The highest BCUT2D eigenvalue weighted by atomic mass is 32.2. The molecule has 9 N–H and O–H groups in total. The molecule has 0 spiro atoms. The lowest BCUT2D eigenvalue weighted by molar-refractivity contribution is -0.162. The average Bonchev–Trinajstić information content (AvgIpc) is 3.76. The second-order valence-electron chi connectivity index (χ2n) is 18.8. The summed E-state index contributed by atoms with van der Waals surface area (Å²) in [5.74, 6) is -7.37. The van der Waals surface area contributed by atoms with Gasteiger partial charge in [-0.1, -0.05) is 0 Å². The van der Waals surface area contributed by atoms with Gasteiger partial charge in [-0.2, -0.15) is 33.5 Å². The number of carbonyl (C=O) groups excluding carboxylic acids is 7. The van der Waals surface area contributed by atoms with Crippen LogP contribution in [-0.2, 0) is 62.0 Å². The molecule has 3 fully saturated rings. The van der Waals surface area contributed by atoms with E-state index in [1.807, 2.05) is 20.8 Å². The molecule has 0 radical (unpaired) electrons. The average molecular weight is 1110 g/mol. The molecule has 7 unspecified atom stereocenters. The number of nitrogens with two attached hydrogens (primary N) is 2. The number of esters is 4. The number of rotatable bonds is 29. The first-order valence-corrected chi connectivity index (χ1v) is 25.8. The Bertz CT molecular complexity index is 2280. The van der Waals surface area contributed by atoms with E-state index in [1.165, 1.54) is 24.2 Å². The number of nitrogen functional groups attached to an aromatic ring is 1. The highest BCUT2D eigenvalue weighted by Gasteiger charge is 2.56.